The maximum Gasteiger partial charge on any atom is 0.0343 e. The monoisotopic (exact) mass is 246 g/mol. The van der Waals surface area contributed by atoms with E-state index in [2.05, 4.69) is 42.5 Å². The van der Waals surface area contributed by atoms with Crippen molar-refractivity contribution in [2.75, 3.05) is 11.5 Å². The van der Waals surface area contributed by atoms with E-state index in [1.165, 1.54) is 17.9 Å². The molecule has 0 aliphatic carbocycles. The summed E-state index contributed by atoms with van der Waals surface area (Å²) in [5.41, 5.74) is 2.99. The molecule has 3 atom stereocenters. The summed E-state index contributed by atoms with van der Waals surface area (Å²) in [4.78, 5) is 0. The van der Waals surface area contributed by atoms with Crippen LogP contribution in [-0.4, -0.2) is 28.0 Å². The third kappa shape index (κ3) is 4.02. The molecule has 0 aromatic rings. The lowest BCUT2D eigenvalue weighted by Gasteiger charge is -2.35. The number of nitrogens with one attached hydrogen (secondary N) is 1. The van der Waals surface area contributed by atoms with Crippen LogP contribution in [0.3, 0.4) is 0 Å². The summed E-state index contributed by atoms with van der Waals surface area (Å²) < 4.78 is 0. The zero-order valence-electron chi connectivity index (χ0n) is 9.45. The number of hydrazine groups is 1. The number of hydrogen-bond donors (Lipinski definition) is 2. The molecular weight excluding hydrogens is 224 g/mol. The highest BCUT2D eigenvalue weighted by Crippen LogP contribution is 2.35. The van der Waals surface area contributed by atoms with E-state index in [0.29, 0.717) is 11.3 Å². The van der Waals surface area contributed by atoms with Crippen LogP contribution in [0.1, 0.15) is 26.2 Å². The summed E-state index contributed by atoms with van der Waals surface area (Å²) in [6.07, 6.45) is 5.38. The Morgan fingerprint density at radius 3 is 2.87 bits per heavy atom. The number of rotatable bonds is 6. The fourth-order valence-electron chi connectivity index (χ4n) is 1.95. The first kappa shape index (κ1) is 13.4. The second-order valence-corrected chi connectivity index (χ2v) is 6.43. The van der Waals surface area contributed by atoms with Crippen LogP contribution in [0.25, 0.3) is 0 Å². The maximum atomic E-state index is 5.65. The van der Waals surface area contributed by atoms with Crippen molar-refractivity contribution >= 4 is 23.5 Å². The lowest BCUT2D eigenvalue weighted by molar-refractivity contribution is 0.467. The number of nitrogens with two attached hydrogens (primary N) is 1. The minimum Gasteiger partial charge on any atom is -0.271 e. The van der Waals surface area contributed by atoms with Crippen molar-refractivity contribution in [3.05, 3.63) is 12.7 Å². The molecule has 1 saturated heterocycles. The third-order valence-electron chi connectivity index (χ3n) is 2.79. The van der Waals surface area contributed by atoms with E-state index in [1.54, 1.807) is 0 Å². The quantitative estimate of drug-likeness (QED) is 0.429. The predicted octanol–water partition coefficient (Wildman–Crippen LogP) is 2.41. The Morgan fingerprint density at radius 1 is 1.53 bits per heavy atom. The minimum atomic E-state index is 0.436. The topological polar surface area (TPSA) is 38.0 Å². The van der Waals surface area contributed by atoms with Crippen molar-refractivity contribution in [2.45, 2.75) is 42.7 Å². The lowest BCUT2D eigenvalue weighted by Crippen LogP contribution is -2.48. The fraction of sp³-hybridized carbons (Fsp3) is 0.818. The average Bonchev–Trinajstić information content (AvgIpc) is 2.30. The van der Waals surface area contributed by atoms with Crippen LogP contribution in [0.15, 0.2) is 12.7 Å². The van der Waals surface area contributed by atoms with E-state index in [4.69, 9.17) is 5.84 Å². The molecule has 1 rings (SSSR count). The largest absolute Gasteiger partial charge is 0.271 e. The summed E-state index contributed by atoms with van der Waals surface area (Å²) in [5, 5.41) is 1.42. The van der Waals surface area contributed by atoms with Crippen LogP contribution in [-0.2, 0) is 0 Å². The molecule has 0 aromatic heterocycles. The van der Waals surface area contributed by atoms with Gasteiger partial charge >= 0.3 is 0 Å². The van der Waals surface area contributed by atoms with Gasteiger partial charge < -0.3 is 0 Å². The van der Waals surface area contributed by atoms with Gasteiger partial charge in [-0.05, 0) is 19.3 Å². The van der Waals surface area contributed by atoms with Crippen molar-refractivity contribution in [1.29, 1.82) is 0 Å². The van der Waals surface area contributed by atoms with E-state index in [1.807, 2.05) is 6.08 Å². The van der Waals surface area contributed by atoms with Crippen LogP contribution >= 0.6 is 23.5 Å². The Balaban J connectivity index is 2.50. The van der Waals surface area contributed by atoms with Crippen LogP contribution < -0.4 is 11.3 Å². The van der Waals surface area contributed by atoms with Crippen LogP contribution in [0.2, 0.25) is 0 Å². The molecule has 2 nitrogen and oxygen atoms in total. The van der Waals surface area contributed by atoms with Crippen molar-refractivity contribution in [3.8, 4) is 0 Å². The van der Waals surface area contributed by atoms with E-state index in [9.17, 15) is 0 Å². The molecule has 3 N–H and O–H groups in total. The standard InChI is InChI=1S/C11H22N2S2/c1-3-5-6-9(13-12)11-10(4-2)14-7-8-15-11/h3,9-11,13H,1,4-8,12H2,2H3. The Morgan fingerprint density at radius 2 is 2.27 bits per heavy atom. The molecule has 0 amide bonds. The lowest BCUT2D eigenvalue weighted by atomic mass is 10.0. The molecule has 0 saturated carbocycles. The molecule has 3 unspecified atom stereocenters. The molecule has 1 heterocycles. The van der Waals surface area contributed by atoms with Crippen LogP contribution in [0.5, 0.6) is 0 Å². The Labute approximate surface area is 102 Å². The normalized spacial score (nSPS) is 28.7. The first-order chi connectivity index (χ1) is 7.33. The molecule has 1 aliphatic heterocycles. The highest BCUT2D eigenvalue weighted by Gasteiger charge is 2.30. The zero-order valence-corrected chi connectivity index (χ0v) is 11.1. The molecule has 0 radical (unpaired) electrons. The van der Waals surface area contributed by atoms with Crippen molar-refractivity contribution in [3.63, 3.8) is 0 Å². The smallest absolute Gasteiger partial charge is 0.0343 e. The van der Waals surface area contributed by atoms with Gasteiger partial charge in [-0.25, -0.2) is 0 Å². The first-order valence-electron chi connectivity index (χ1n) is 5.63. The van der Waals surface area contributed by atoms with Gasteiger partial charge in [0.1, 0.15) is 0 Å². The SMILES string of the molecule is C=CCCC(NN)C1SCCSC1CC. The Bertz CT molecular complexity index is 187. The van der Waals surface area contributed by atoms with Gasteiger partial charge in [0, 0.05) is 28.0 Å². The van der Waals surface area contributed by atoms with Crippen LogP contribution in [0.4, 0.5) is 0 Å². The van der Waals surface area contributed by atoms with Crippen molar-refractivity contribution < 1.29 is 0 Å². The van der Waals surface area contributed by atoms with Gasteiger partial charge in [0.25, 0.3) is 0 Å². The summed E-state index contributed by atoms with van der Waals surface area (Å²) in [5.74, 6) is 8.21. The predicted molar refractivity (Wildman–Crippen MR) is 73.3 cm³/mol. The second-order valence-electron chi connectivity index (χ2n) is 3.79. The molecule has 15 heavy (non-hydrogen) atoms. The molecule has 4 heteroatoms. The summed E-state index contributed by atoms with van der Waals surface area (Å²) in [6, 6.07) is 0.436. The molecule has 1 fully saturated rings. The van der Waals surface area contributed by atoms with E-state index >= 15 is 0 Å². The zero-order chi connectivity index (χ0) is 11.1. The first-order valence-corrected chi connectivity index (χ1v) is 7.73. The summed E-state index contributed by atoms with van der Waals surface area (Å²) >= 11 is 4.19. The minimum absolute atomic E-state index is 0.436. The average molecular weight is 246 g/mol. The number of hydrogen-bond acceptors (Lipinski definition) is 4. The number of thioether (sulfide) groups is 2. The molecule has 1 aliphatic rings. The van der Waals surface area contributed by atoms with Gasteiger partial charge in [0.2, 0.25) is 0 Å². The van der Waals surface area contributed by atoms with Gasteiger partial charge in [-0.2, -0.15) is 23.5 Å². The molecule has 0 spiro atoms. The van der Waals surface area contributed by atoms with Crippen LogP contribution in [0, 0.1) is 0 Å². The van der Waals surface area contributed by atoms with E-state index < -0.39 is 0 Å². The number of allylic oxidation sites excluding steroid dienone is 1. The van der Waals surface area contributed by atoms with Crippen molar-refractivity contribution in [2.24, 2.45) is 5.84 Å². The Kier molecular flexibility index (Phi) is 6.81. The van der Waals surface area contributed by atoms with Crippen molar-refractivity contribution in [1.82, 2.24) is 5.43 Å². The van der Waals surface area contributed by atoms with Gasteiger partial charge in [0.15, 0.2) is 0 Å². The highest BCUT2D eigenvalue weighted by molar-refractivity contribution is 8.07. The molecule has 0 aromatic carbocycles. The summed E-state index contributed by atoms with van der Waals surface area (Å²) in [6.45, 7) is 6.05. The molecule has 0 bridgehead atoms. The van der Waals surface area contributed by atoms with Gasteiger partial charge in [-0.15, -0.1) is 6.58 Å². The summed E-state index contributed by atoms with van der Waals surface area (Å²) in [7, 11) is 0. The molecular formula is C11H22N2S2. The van der Waals surface area contributed by atoms with Gasteiger partial charge in [0.05, 0.1) is 0 Å². The van der Waals surface area contributed by atoms with Gasteiger partial charge in [-0.3, -0.25) is 11.3 Å². The highest BCUT2D eigenvalue weighted by atomic mass is 32.2. The maximum absolute atomic E-state index is 5.65. The van der Waals surface area contributed by atoms with E-state index in [-0.39, 0.29) is 0 Å². The second kappa shape index (κ2) is 7.60. The fourth-order valence-corrected chi connectivity index (χ4v) is 5.24. The van der Waals surface area contributed by atoms with Gasteiger partial charge in [-0.1, -0.05) is 13.0 Å². The Hall–Kier alpha value is 0.360. The van der Waals surface area contributed by atoms with E-state index in [0.717, 1.165) is 18.1 Å². The molecule has 88 valence electrons. The third-order valence-corrected chi connectivity index (χ3v) is 6.19.